The van der Waals surface area contributed by atoms with Crippen LogP contribution in [0.15, 0.2) is 60.7 Å². The van der Waals surface area contributed by atoms with Crippen molar-refractivity contribution in [3.63, 3.8) is 0 Å². The van der Waals surface area contributed by atoms with Gasteiger partial charge < -0.3 is 4.74 Å². The molecule has 0 bridgehead atoms. The number of hydrogen-bond acceptors (Lipinski definition) is 1. The van der Waals surface area contributed by atoms with E-state index in [1.165, 1.54) is 11.1 Å². The fraction of sp³-hybridized carbons (Fsp3) is 0.250. The molecule has 1 nitrogen and oxygen atoms in total. The van der Waals surface area contributed by atoms with E-state index >= 15 is 0 Å². The standard InChI is InChI=1S/C16H16O/c1-3-7-13(8-4-1)15-11-12-16(17-15)14-9-5-2-6-10-14/h1-10,15-16H,11-12H2/t15-,16-/m0/s1. The maximum atomic E-state index is 6.13. The highest BCUT2D eigenvalue weighted by Crippen LogP contribution is 2.40. The lowest BCUT2D eigenvalue weighted by molar-refractivity contribution is 0.0441. The molecule has 0 aliphatic carbocycles. The minimum absolute atomic E-state index is 0.265. The zero-order chi connectivity index (χ0) is 11.5. The molecule has 0 unspecified atom stereocenters. The van der Waals surface area contributed by atoms with Gasteiger partial charge >= 0.3 is 0 Å². The average Bonchev–Trinajstić information content (AvgIpc) is 2.90. The van der Waals surface area contributed by atoms with Crippen LogP contribution in [0.2, 0.25) is 0 Å². The van der Waals surface area contributed by atoms with Gasteiger partial charge in [-0.05, 0) is 24.0 Å². The summed E-state index contributed by atoms with van der Waals surface area (Å²) in [7, 11) is 0. The highest BCUT2D eigenvalue weighted by atomic mass is 16.5. The quantitative estimate of drug-likeness (QED) is 0.739. The van der Waals surface area contributed by atoms with Crippen LogP contribution in [0.4, 0.5) is 0 Å². The van der Waals surface area contributed by atoms with E-state index in [0.717, 1.165) is 12.8 Å². The van der Waals surface area contributed by atoms with Crippen molar-refractivity contribution in [3.05, 3.63) is 71.8 Å². The van der Waals surface area contributed by atoms with Crippen LogP contribution in [0.25, 0.3) is 0 Å². The summed E-state index contributed by atoms with van der Waals surface area (Å²) in [4.78, 5) is 0. The van der Waals surface area contributed by atoms with E-state index in [9.17, 15) is 0 Å². The summed E-state index contributed by atoms with van der Waals surface area (Å²) in [6, 6.07) is 21.0. The molecule has 0 aromatic heterocycles. The Labute approximate surface area is 102 Å². The van der Waals surface area contributed by atoms with Gasteiger partial charge in [0.2, 0.25) is 0 Å². The molecule has 0 amide bonds. The molecule has 1 aliphatic rings. The molecule has 86 valence electrons. The number of hydrogen-bond donors (Lipinski definition) is 0. The Kier molecular flexibility index (Phi) is 2.93. The molecule has 1 fully saturated rings. The Balaban J connectivity index is 1.75. The van der Waals surface area contributed by atoms with Crippen molar-refractivity contribution in [2.75, 3.05) is 0 Å². The highest BCUT2D eigenvalue weighted by molar-refractivity contribution is 5.22. The lowest BCUT2D eigenvalue weighted by atomic mass is 10.0. The van der Waals surface area contributed by atoms with E-state index in [4.69, 9.17) is 4.74 Å². The maximum absolute atomic E-state index is 6.13. The Morgan fingerprint density at radius 1 is 0.647 bits per heavy atom. The Morgan fingerprint density at radius 3 is 1.47 bits per heavy atom. The fourth-order valence-corrected chi connectivity index (χ4v) is 2.46. The first-order valence-corrected chi connectivity index (χ1v) is 6.19. The van der Waals surface area contributed by atoms with Crippen LogP contribution in [-0.4, -0.2) is 0 Å². The van der Waals surface area contributed by atoms with Gasteiger partial charge in [-0.1, -0.05) is 60.7 Å². The van der Waals surface area contributed by atoms with Crippen molar-refractivity contribution in [2.24, 2.45) is 0 Å². The minimum Gasteiger partial charge on any atom is -0.366 e. The summed E-state index contributed by atoms with van der Waals surface area (Å²) in [5.41, 5.74) is 2.59. The van der Waals surface area contributed by atoms with Crippen LogP contribution in [0.5, 0.6) is 0 Å². The lowest BCUT2D eigenvalue weighted by Crippen LogP contribution is -1.99. The van der Waals surface area contributed by atoms with Gasteiger partial charge in [0.25, 0.3) is 0 Å². The zero-order valence-electron chi connectivity index (χ0n) is 9.75. The van der Waals surface area contributed by atoms with E-state index in [2.05, 4.69) is 48.5 Å². The molecule has 0 spiro atoms. The van der Waals surface area contributed by atoms with Crippen molar-refractivity contribution < 1.29 is 4.74 Å². The summed E-state index contributed by atoms with van der Waals surface area (Å²) in [5.74, 6) is 0. The van der Waals surface area contributed by atoms with Crippen LogP contribution in [0, 0.1) is 0 Å². The lowest BCUT2D eigenvalue weighted by Gasteiger charge is -2.14. The second-order valence-electron chi connectivity index (χ2n) is 4.51. The smallest absolute Gasteiger partial charge is 0.0834 e. The van der Waals surface area contributed by atoms with E-state index in [-0.39, 0.29) is 12.2 Å². The van der Waals surface area contributed by atoms with Crippen LogP contribution < -0.4 is 0 Å². The molecule has 1 aliphatic heterocycles. The van der Waals surface area contributed by atoms with Gasteiger partial charge in [0.1, 0.15) is 0 Å². The molecule has 3 rings (SSSR count). The molecule has 17 heavy (non-hydrogen) atoms. The van der Waals surface area contributed by atoms with Gasteiger partial charge in [-0.2, -0.15) is 0 Å². The fourth-order valence-electron chi connectivity index (χ4n) is 2.46. The highest BCUT2D eigenvalue weighted by Gasteiger charge is 2.27. The summed E-state index contributed by atoms with van der Waals surface area (Å²) in [6.07, 6.45) is 2.76. The van der Waals surface area contributed by atoms with Crippen molar-refractivity contribution in [2.45, 2.75) is 25.0 Å². The summed E-state index contributed by atoms with van der Waals surface area (Å²) in [5, 5.41) is 0. The summed E-state index contributed by atoms with van der Waals surface area (Å²) >= 11 is 0. The minimum atomic E-state index is 0.265. The Hall–Kier alpha value is -1.60. The van der Waals surface area contributed by atoms with E-state index in [1.54, 1.807) is 0 Å². The van der Waals surface area contributed by atoms with E-state index < -0.39 is 0 Å². The molecular formula is C16H16O. The second-order valence-corrected chi connectivity index (χ2v) is 4.51. The SMILES string of the molecule is c1ccc([C@@H]2CC[C@@H](c3ccccc3)O2)cc1. The van der Waals surface area contributed by atoms with E-state index in [1.807, 2.05) is 12.1 Å². The molecule has 2 aromatic rings. The molecule has 2 atom stereocenters. The molecule has 2 aromatic carbocycles. The van der Waals surface area contributed by atoms with Crippen LogP contribution in [0.3, 0.4) is 0 Å². The first kappa shape index (κ1) is 10.5. The van der Waals surface area contributed by atoms with Crippen molar-refractivity contribution in [1.29, 1.82) is 0 Å². The average molecular weight is 224 g/mol. The predicted molar refractivity (Wildman–Crippen MR) is 68.7 cm³/mol. The second kappa shape index (κ2) is 4.72. The molecule has 1 heteroatoms. The molecule has 0 N–H and O–H groups in total. The van der Waals surface area contributed by atoms with Crippen molar-refractivity contribution in [1.82, 2.24) is 0 Å². The molecule has 1 saturated heterocycles. The third-order valence-corrected chi connectivity index (χ3v) is 3.36. The summed E-state index contributed by atoms with van der Waals surface area (Å²) in [6.45, 7) is 0. The van der Waals surface area contributed by atoms with Crippen molar-refractivity contribution >= 4 is 0 Å². The monoisotopic (exact) mass is 224 g/mol. The molecule has 0 radical (unpaired) electrons. The number of rotatable bonds is 2. The largest absolute Gasteiger partial charge is 0.366 e. The molecular weight excluding hydrogens is 208 g/mol. The Bertz CT molecular complexity index is 418. The van der Waals surface area contributed by atoms with Gasteiger partial charge in [0.15, 0.2) is 0 Å². The topological polar surface area (TPSA) is 9.23 Å². The first-order valence-electron chi connectivity index (χ1n) is 6.19. The third kappa shape index (κ3) is 2.25. The predicted octanol–water partition coefficient (Wildman–Crippen LogP) is 4.28. The van der Waals surface area contributed by atoms with Crippen LogP contribution >= 0.6 is 0 Å². The normalized spacial score (nSPS) is 23.8. The third-order valence-electron chi connectivity index (χ3n) is 3.36. The van der Waals surface area contributed by atoms with Gasteiger partial charge in [-0.25, -0.2) is 0 Å². The van der Waals surface area contributed by atoms with E-state index in [0.29, 0.717) is 0 Å². The van der Waals surface area contributed by atoms with Gasteiger partial charge in [-0.15, -0.1) is 0 Å². The van der Waals surface area contributed by atoms with Crippen LogP contribution in [-0.2, 0) is 4.74 Å². The van der Waals surface area contributed by atoms with Crippen LogP contribution in [0.1, 0.15) is 36.2 Å². The Morgan fingerprint density at radius 2 is 1.06 bits per heavy atom. The maximum Gasteiger partial charge on any atom is 0.0834 e. The summed E-state index contributed by atoms with van der Waals surface area (Å²) < 4.78 is 6.13. The van der Waals surface area contributed by atoms with Gasteiger partial charge in [0, 0.05) is 0 Å². The van der Waals surface area contributed by atoms with Crippen molar-refractivity contribution in [3.8, 4) is 0 Å². The molecule has 1 heterocycles. The molecule has 0 saturated carbocycles. The van der Waals surface area contributed by atoms with Gasteiger partial charge in [0.05, 0.1) is 12.2 Å². The van der Waals surface area contributed by atoms with Gasteiger partial charge in [-0.3, -0.25) is 0 Å². The number of benzene rings is 2. The first-order chi connectivity index (χ1) is 8.43. The number of ether oxygens (including phenoxy) is 1. The zero-order valence-corrected chi connectivity index (χ0v) is 9.75.